The second-order valence-electron chi connectivity index (χ2n) is 5.98. The van der Waals surface area contributed by atoms with Gasteiger partial charge in [-0.1, -0.05) is 24.3 Å². The number of nitrogens with one attached hydrogen (secondary N) is 1. The summed E-state index contributed by atoms with van der Waals surface area (Å²) in [6, 6.07) is 9.55. The maximum atomic E-state index is 13.8. The van der Waals surface area contributed by atoms with Crippen LogP contribution in [0.1, 0.15) is 17.9 Å². The van der Waals surface area contributed by atoms with E-state index >= 15 is 0 Å². The molecule has 0 spiro atoms. The number of rotatable bonds is 8. The van der Waals surface area contributed by atoms with E-state index < -0.39 is 18.2 Å². The van der Waals surface area contributed by atoms with Gasteiger partial charge in [-0.15, -0.1) is 0 Å². The fourth-order valence-corrected chi connectivity index (χ4v) is 2.64. The second-order valence-corrected chi connectivity index (χ2v) is 5.98. The quantitative estimate of drug-likeness (QED) is 0.559. The highest BCUT2D eigenvalue weighted by Crippen LogP contribution is 2.26. The molecule has 0 saturated heterocycles. The standard InChI is InChI=1S/C20H16F4N2O3/c21-13-5-3-6-14(22)19(13)16-11-26-18(28-16)9-8-17(27)25-10-12-4-1-2-7-15(12)29-20(23)24/h1-7,11,20H,8-10H2,(H,25,27). The van der Waals surface area contributed by atoms with Crippen molar-refractivity contribution < 1.29 is 31.5 Å². The summed E-state index contributed by atoms with van der Waals surface area (Å²) in [6.07, 6.45) is 1.27. The van der Waals surface area contributed by atoms with Gasteiger partial charge in [-0.2, -0.15) is 8.78 Å². The maximum Gasteiger partial charge on any atom is 0.387 e. The van der Waals surface area contributed by atoms with Crippen molar-refractivity contribution in [1.82, 2.24) is 10.3 Å². The van der Waals surface area contributed by atoms with E-state index in [1.54, 1.807) is 18.2 Å². The molecule has 1 heterocycles. The van der Waals surface area contributed by atoms with E-state index in [1.165, 1.54) is 18.3 Å². The summed E-state index contributed by atoms with van der Waals surface area (Å²) >= 11 is 0. The smallest absolute Gasteiger partial charge is 0.387 e. The fraction of sp³-hybridized carbons (Fsp3) is 0.200. The molecule has 0 radical (unpaired) electrons. The summed E-state index contributed by atoms with van der Waals surface area (Å²) in [6.45, 7) is -2.97. The summed E-state index contributed by atoms with van der Waals surface area (Å²) in [7, 11) is 0. The first-order valence-electron chi connectivity index (χ1n) is 8.62. The van der Waals surface area contributed by atoms with Gasteiger partial charge in [0.15, 0.2) is 11.7 Å². The van der Waals surface area contributed by atoms with E-state index in [1.807, 2.05) is 0 Å². The number of amides is 1. The predicted molar refractivity (Wildman–Crippen MR) is 95.1 cm³/mol. The van der Waals surface area contributed by atoms with Gasteiger partial charge in [0.1, 0.15) is 17.4 Å². The summed E-state index contributed by atoms with van der Waals surface area (Å²) in [5.41, 5.74) is 0.0703. The number of ether oxygens (including phenoxy) is 1. The second kappa shape index (κ2) is 9.22. The number of benzene rings is 2. The molecular formula is C20H16F4N2O3. The lowest BCUT2D eigenvalue weighted by molar-refractivity contribution is -0.121. The van der Waals surface area contributed by atoms with Gasteiger partial charge in [0.25, 0.3) is 0 Å². The van der Waals surface area contributed by atoms with Crippen LogP contribution in [0.4, 0.5) is 17.6 Å². The molecular weight excluding hydrogens is 392 g/mol. The summed E-state index contributed by atoms with van der Waals surface area (Å²) in [5, 5.41) is 2.59. The van der Waals surface area contributed by atoms with E-state index in [2.05, 4.69) is 15.0 Å². The van der Waals surface area contributed by atoms with Crippen LogP contribution >= 0.6 is 0 Å². The lowest BCUT2D eigenvalue weighted by Gasteiger charge is -2.11. The van der Waals surface area contributed by atoms with Crippen molar-refractivity contribution in [3.8, 4) is 17.1 Å². The van der Waals surface area contributed by atoms with Crippen LogP contribution in [0.3, 0.4) is 0 Å². The highest BCUT2D eigenvalue weighted by molar-refractivity contribution is 5.76. The van der Waals surface area contributed by atoms with Gasteiger partial charge in [0, 0.05) is 24.9 Å². The molecule has 2 aromatic carbocycles. The maximum absolute atomic E-state index is 13.8. The van der Waals surface area contributed by atoms with E-state index in [0.717, 1.165) is 12.1 Å². The first-order chi connectivity index (χ1) is 13.9. The third-order valence-corrected chi connectivity index (χ3v) is 3.99. The molecule has 3 aromatic rings. The van der Waals surface area contributed by atoms with Gasteiger partial charge < -0.3 is 14.5 Å². The Hall–Kier alpha value is -3.36. The Morgan fingerprint density at radius 3 is 2.55 bits per heavy atom. The first-order valence-corrected chi connectivity index (χ1v) is 8.62. The third-order valence-electron chi connectivity index (χ3n) is 3.99. The number of alkyl halides is 2. The third kappa shape index (κ3) is 5.34. The van der Waals surface area contributed by atoms with Gasteiger partial charge in [-0.05, 0) is 18.2 Å². The Kier molecular flexibility index (Phi) is 6.48. The van der Waals surface area contributed by atoms with Crippen LogP contribution in [0.25, 0.3) is 11.3 Å². The number of hydrogen-bond acceptors (Lipinski definition) is 4. The number of oxazole rings is 1. The number of hydrogen-bond donors (Lipinski definition) is 1. The largest absolute Gasteiger partial charge is 0.441 e. The molecule has 29 heavy (non-hydrogen) atoms. The van der Waals surface area contributed by atoms with E-state index in [0.29, 0.717) is 5.56 Å². The number of halogens is 4. The molecule has 0 bridgehead atoms. The molecule has 0 atom stereocenters. The number of carbonyl (C=O) groups is 1. The lowest BCUT2D eigenvalue weighted by atomic mass is 10.1. The van der Waals surface area contributed by atoms with Crippen LogP contribution < -0.4 is 10.1 Å². The summed E-state index contributed by atoms with van der Waals surface area (Å²) in [4.78, 5) is 15.9. The molecule has 1 N–H and O–H groups in total. The minimum Gasteiger partial charge on any atom is -0.441 e. The Bertz CT molecular complexity index is 971. The molecule has 152 valence electrons. The molecule has 0 saturated carbocycles. The zero-order valence-electron chi connectivity index (χ0n) is 15.0. The minimum atomic E-state index is -2.97. The number of carbonyl (C=O) groups excluding carboxylic acids is 1. The highest BCUT2D eigenvalue weighted by Gasteiger charge is 2.16. The van der Waals surface area contributed by atoms with Crippen LogP contribution in [0.2, 0.25) is 0 Å². The zero-order chi connectivity index (χ0) is 20.8. The molecule has 1 amide bonds. The van der Waals surface area contributed by atoms with Gasteiger partial charge in [-0.3, -0.25) is 4.79 Å². The van der Waals surface area contributed by atoms with Crippen molar-refractivity contribution in [3.05, 3.63) is 71.8 Å². The highest BCUT2D eigenvalue weighted by atomic mass is 19.3. The van der Waals surface area contributed by atoms with Gasteiger partial charge in [0.2, 0.25) is 5.91 Å². The van der Waals surface area contributed by atoms with Crippen LogP contribution in [0, 0.1) is 11.6 Å². The van der Waals surface area contributed by atoms with Crippen LogP contribution in [-0.4, -0.2) is 17.5 Å². The number of nitrogens with zero attached hydrogens (tertiary/aromatic N) is 1. The monoisotopic (exact) mass is 408 g/mol. The molecule has 0 aliphatic carbocycles. The van der Waals surface area contributed by atoms with E-state index in [9.17, 15) is 22.4 Å². The zero-order valence-corrected chi connectivity index (χ0v) is 15.0. The van der Waals surface area contributed by atoms with Crippen LogP contribution in [0.5, 0.6) is 5.75 Å². The molecule has 0 aliphatic rings. The van der Waals surface area contributed by atoms with Crippen molar-refractivity contribution in [2.75, 3.05) is 0 Å². The molecule has 0 unspecified atom stereocenters. The SMILES string of the molecule is O=C(CCc1ncc(-c2c(F)cccc2F)o1)NCc1ccccc1OC(F)F. The van der Waals surface area contributed by atoms with Crippen molar-refractivity contribution >= 4 is 5.91 Å². The normalized spacial score (nSPS) is 10.9. The van der Waals surface area contributed by atoms with Gasteiger partial charge in [-0.25, -0.2) is 13.8 Å². The molecule has 5 nitrogen and oxygen atoms in total. The predicted octanol–water partition coefficient (Wildman–Crippen LogP) is 4.47. The Morgan fingerprint density at radius 1 is 1.10 bits per heavy atom. The average molecular weight is 408 g/mol. The molecule has 9 heteroatoms. The van der Waals surface area contributed by atoms with Gasteiger partial charge in [0.05, 0.1) is 11.8 Å². The van der Waals surface area contributed by atoms with Crippen molar-refractivity contribution in [2.45, 2.75) is 26.0 Å². The lowest BCUT2D eigenvalue weighted by Crippen LogP contribution is -2.23. The molecule has 0 fully saturated rings. The van der Waals surface area contributed by atoms with Crippen LogP contribution in [0.15, 0.2) is 53.1 Å². The average Bonchev–Trinajstić information content (AvgIpc) is 3.13. The summed E-state index contributed by atoms with van der Waals surface area (Å²) < 4.78 is 62.1. The van der Waals surface area contributed by atoms with Crippen molar-refractivity contribution in [1.29, 1.82) is 0 Å². The van der Waals surface area contributed by atoms with Crippen LogP contribution in [-0.2, 0) is 17.8 Å². The Labute approximate surface area is 163 Å². The van der Waals surface area contributed by atoms with E-state index in [-0.39, 0.29) is 48.3 Å². The van der Waals surface area contributed by atoms with Gasteiger partial charge >= 0.3 is 6.61 Å². The first kappa shape index (κ1) is 20.4. The Morgan fingerprint density at radius 2 is 1.83 bits per heavy atom. The number of aromatic nitrogens is 1. The molecule has 1 aromatic heterocycles. The summed E-state index contributed by atoms with van der Waals surface area (Å²) in [5.74, 6) is -1.90. The number of aryl methyl sites for hydroxylation is 1. The van der Waals surface area contributed by atoms with Crippen molar-refractivity contribution in [3.63, 3.8) is 0 Å². The Balaban J connectivity index is 1.55. The van der Waals surface area contributed by atoms with Crippen molar-refractivity contribution in [2.24, 2.45) is 0 Å². The minimum absolute atomic E-state index is 0.000994. The molecule has 3 rings (SSSR count). The number of para-hydroxylation sites is 1. The topological polar surface area (TPSA) is 64.4 Å². The van der Waals surface area contributed by atoms with E-state index in [4.69, 9.17) is 4.42 Å². The fourth-order valence-electron chi connectivity index (χ4n) is 2.64. The molecule has 0 aliphatic heterocycles.